The SMILES string of the molecule is Cc1ccc(C2CC2N)c(C)c1. The number of nitrogens with two attached hydrogens (primary N) is 1. The number of benzene rings is 1. The lowest BCUT2D eigenvalue weighted by atomic mass is 10.0. The monoisotopic (exact) mass is 161 g/mol. The summed E-state index contributed by atoms with van der Waals surface area (Å²) in [4.78, 5) is 0. The summed E-state index contributed by atoms with van der Waals surface area (Å²) in [5.41, 5.74) is 9.99. The Labute approximate surface area is 73.6 Å². The molecule has 1 saturated carbocycles. The predicted octanol–water partition coefficient (Wildman–Crippen LogP) is 2.12. The molecular formula is C11H15N. The average molecular weight is 161 g/mol. The summed E-state index contributed by atoms with van der Waals surface area (Å²) < 4.78 is 0. The number of rotatable bonds is 1. The molecule has 1 aliphatic rings. The molecule has 1 aromatic carbocycles. The first-order chi connectivity index (χ1) is 5.68. The lowest BCUT2D eigenvalue weighted by molar-refractivity contribution is 0.979. The molecule has 1 nitrogen and oxygen atoms in total. The number of hydrogen-bond acceptors (Lipinski definition) is 1. The van der Waals surface area contributed by atoms with Crippen LogP contribution in [0.1, 0.15) is 29.0 Å². The zero-order valence-electron chi connectivity index (χ0n) is 7.67. The second-order valence-electron chi connectivity index (χ2n) is 3.87. The molecule has 2 unspecified atom stereocenters. The lowest BCUT2D eigenvalue weighted by Crippen LogP contribution is -2.01. The van der Waals surface area contributed by atoms with Gasteiger partial charge in [-0.25, -0.2) is 0 Å². The summed E-state index contributed by atoms with van der Waals surface area (Å²) in [6.45, 7) is 4.30. The highest BCUT2D eigenvalue weighted by atomic mass is 14.7. The number of aryl methyl sites for hydroxylation is 2. The Bertz CT molecular complexity index is 304. The molecule has 2 N–H and O–H groups in total. The molecule has 0 spiro atoms. The highest BCUT2D eigenvalue weighted by Crippen LogP contribution is 2.40. The molecule has 0 aromatic heterocycles. The molecule has 1 heteroatoms. The molecule has 1 fully saturated rings. The summed E-state index contributed by atoms with van der Waals surface area (Å²) in [6.07, 6.45) is 1.17. The van der Waals surface area contributed by atoms with Crippen LogP contribution in [-0.4, -0.2) is 6.04 Å². The molecule has 12 heavy (non-hydrogen) atoms. The Balaban J connectivity index is 2.33. The molecular weight excluding hydrogens is 146 g/mol. The van der Waals surface area contributed by atoms with E-state index in [4.69, 9.17) is 5.73 Å². The first kappa shape index (κ1) is 7.81. The van der Waals surface area contributed by atoms with Crippen LogP contribution >= 0.6 is 0 Å². The first-order valence-electron chi connectivity index (χ1n) is 4.51. The standard InChI is InChI=1S/C11H15N/c1-7-3-4-9(8(2)5-7)10-6-11(10)12/h3-5,10-11H,6,12H2,1-2H3. The van der Waals surface area contributed by atoms with Crippen molar-refractivity contribution >= 4 is 0 Å². The fraction of sp³-hybridized carbons (Fsp3) is 0.455. The van der Waals surface area contributed by atoms with Gasteiger partial charge in [0.05, 0.1) is 0 Å². The van der Waals surface area contributed by atoms with Gasteiger partial charge in [-0.15, -0.1) is 0 Å². The molecule has 1 aliphatic carbocycles. The summed E-state index contributed by atoms with van der Waals surface area (Å²) in [5.74, 6) is 0.644. The van der Waals surface area contributed by atoms with E-state index >= 15 is 0 Å². The zero-order chi connectivity index (χ0) is 8.72. The van der Waals surface area contributed by atoms with Crippen LogP contribution < -0.4 is 5.73 Å². The van der Waals surface area contributed by atoms with E-state index in [0.29, 0.717) is 12.0 Å². The molecule has 64 valence electrons. The summed E-state index contributed by atoms with van der Waals surface area (Å²) >= 11 is 0. The van der Waals surface area contributed by atoms with E-state index in [9.17, 15) is 0 Å². The summed E-state index contributed by atoms with van der Waals surface area (Å²) in [7, 11) is 0. The van der Waals surface area contributed by atoms with E-state index in [0.717, 1.165) is 0 Å². The minimum absolute atomic E-state index is 0.423. The van der Waals surface area contributed by atoms with Crippen molar-refractivity contribution in [1.29, 1.82) is 0 Å². The maximum Gasteiger partial charge on any atom is 0.0115 e. The summed E-state index contributed by atoms with van der Waals surface area (Å²) in [5, 5.41) is 0. The molecule has 0 amide bonds. The smallest absolute Gasteiger partial charge is 0.0115 e. The second-order valence-corrected chi connectivity index (χ2v) is 3.87. The van der Waals surface area contributed by atoms with Gasteiger partial charge >= 0.3 is 0 Å². The van der Waals surface area contributed by atoms with E-state index in [1.807, 2.05) is 0 Å². The van der Waals surface area contributed by atoms with Gasteiger partial charge in [0.25, 0.3) is 0 Å². The highest BCUT2D eigenvalue weighted by molar-refractivity contribution is 5.37. The van der Waals surface area contributed by atoms with Gasteiger partial charge in [0, 0.05) is 12.0 Å². The minimum Gasteiger partial charge on any atom is -0.327 e. The van der Waals surface area contributed by atoms with Crippen LogP contribution in [0.2, 0.25) is 0 Å². The van der Waals surface area contributed by atoms with Crippen LogP contribution in [0, 0.1) is 13.8 Å². The molecule has 0 heterocycles. The quantitative estimate of drug-likeness (QED) is 0.670. The topological polar surface area (TPSA) is 26.0 Å². The Morgan fingerprint density at radius 2 is 2.00 bits per heavy atom. The highest BCUT2D eigenvalue weighted by Gasteiger charge is 2.35. The zero-order valence-corrected chi connectivity index (χ0v) is 7.67. The van der Waals surface area contributed by atoms with E-state index < -0.39 is 0 Å². The van der Waals surface area contributed by atoms with Gasteiger partial charge in [-0.2, -0.15) is 0 Å². The molecule has 0 radical (unpaired) electrons. The van der Waals surface area contributed by atoms with Crippen LogP contribution in [0.15, 0.2) is 18.2 Å². The van der Waals surface area contributed by atoms with E-state index in [1.54, 1.807) is 0 Å². The van der Waals surface area contributed by atoms with Crippen LogP contribution in [0.4, 0.5) is 0 Å². The lowest BCUT2D eigenvalue weighted by Gasteiger charge is -2.04. The normalized spacial score (nSPS) is 27.2. The van der Waals surface area contributed by atoms with Crippen LogP contribution in [-0.2, 0) is 0 Å². The predicted molar refractivity (Wildman–Crippen MR) is 51.2 cm³/mol. The van der Waals surface area contributed by atoms with Gasteiger partial charge in [0.2, 0.25) is 0 Å². The van der Waals surface area contributed by atoms with Crippen molar-refractivity contribution in [1.82, 2.24) is 0 Å². The fourth-order valence-electron chi connectivity index (χ4n) is 1.81. The Hall–Kier alpha value is -0.820. The largest absolute Gasteiger partial charge is 0.327 e. The first-order valence-corrected chi connectivity index (χ1v) is 4.51. The van der Waals surface area contributed by atoms with Crippen molar-refractivity contribution in [2.75, 3.05) is 0 Å². The van der Waals surface area contributed by atoms with Crippen molar-refractivity contribution in [3.05, 3.63) is 34.9 Å². The molecule has 0 saturated heterocycles. The molecule has 1 aromatic rings. The van der Waals surface area contributed by atoms with Gasteiger partial charge < -0.3 is 5.73 Å². The summed E-state index contributed by atoms with van der Waals surface area (Å²) in [6, 6.07) is 7.06. The molecule has 0 bridgehead atoms. The Kier molecular flexibility index (Phi) is 1.69. The third-order valence-corrected chi connectivity index (χ3v) is 2.66. The maximum absolute atomic E-state index is 5.81. The van der Waals surface area contributed by atoms with Gasteiger partial charge in [0.15, 0.2) is 0 Å². The van der Waals surface area contributed by atoms with Crippen LogP contribution in [0.3, 0.4) is 0 Å². The van der Waals surface area contributed by atoms with Gasteiger partial charge in [-0.1, -0.05) is 23.8 Å². The minimum atomic E-state index is 0.423. The van der Waals surface area contributed by atoms with E-state index in [1.165, 1.54) is 23.1 Å². The maximum atomic E-state index is 5.81. The fourth-order valence-corrected chi connectivity index (χ4v) is 1.81. The van der Waals surface area contributed by atoms with Crippen molar-refractivity contribution in [3.63, 3.8) is 0 Å². The van der Waals surface area contributed by atoms with Crippen molar-refractivity contribution in [2.24, 2.45) is 5.73 Å². The average Bonchev–Trinajstić information content (AvgIpc) is 2.66. The molecule has 2 rings (SSSR count). The molecule has 2 atom stereocenters. The van der Waals surface area contributed by atoms with Gasteiger partial charge in [-0.05, 0) is 31.4 Å². The van der Waals surface area contributed by atoms with Crippen molar-refractivity contribution in [2.45, 2.75) is 32.2 Å². The van der Waals surface area contributed by atoms with Crippen molar-refractivity contribution in [3.8, 4) is 0 Å². The van der Waals surface area contributed by atoms with Crippen LogP contribution in [0.25, 0.3) is 0 Å². The van der Waals surface area contributed by atoms with E-state index in [2.05, 4.69) is 32.0 Å². The van der Waals surface area contributed by atoms with E-state index in [-0.39, 0.29) is 0 Å². The molecule has 0 aliphatic heterocycles. The Morgan fingerprint density at radius 1 is 1.33 bits per heavy atom. The number of hydrogen-bond donors (Lipinski definition) is 1. The Morgan fingerprint density at radius 3 is 2.50 bits per heavy atom. The van der Waals surface area contributed by atoms with Crippen LogP contribution in [0.5, 0.6) is 0 Å². The second kappa shape index (κ2) is 2.60. The van der Waals surface area contributed by atoms with Crippen molar-refractivity contribution < 1.29 is 0 Å². The van der Waals surface area contributed by atoms with Gasteiger partial charge in [-0.3, -0.25) is 0 Å². The third-order valence-electron chi connectivity index (χ3n) is 2.66. The third kappa shape index (κ3) is 1.25. The van der Waals surface area contributed by atoms with Gasteiger partial charge in [0.1, 0.15) is 0 Å².